The van der Waals surface area contributed by atoms with Gasteiger partial charge in [0.15, 0.2) is 0 Å². The molecule has 0 aliphatic heterocycles. The second kappa shape index (κ2) is 5.51. The molecule has 0 unspecified atom stereocenters. The standard InChI is InChI=1S/C15H15ClN4/c1-10-7-19-15(20-8-10)17-5-4-11-9-18-14-3-2-12(16)6-13(11)14/h2-3,6-9,18H,4-5H2,1H3,(H,17,19,20). The summed E-state index contributed by atoms with van der Waals surface area (Å²) in [6.45, 7) is 2.75. The Kier molecular flexibility index (Phi) is 3.56. The normalized spacial score (nSPS) is 10.9. The average Bonchev–Trinajstić information content (AvgIpc) is 2.84. The monoisotopic (exact) mass is 286 g/mol. The lowest BCUT2D eigenvalue weighted by Gasteiger charge is -2.04. The molecule has 3 aromatic rings. The molecule has 0 spiro atoms. The Labute approximate surface area is 122 Å². The van der Waals surface area contributed by atoms with Crippen LogP contribution in [0.15, 0.2) is 36.8 Å². The number of aromatic amines is 1. The van der Waals surface area contributed by atoms with Crippen molar-refractivity contribution in [3.05, 3.63) is 52.9 Å². The highest BCUT2D eigenvalue weighted by Crippen LogP contribution is 2.22. The van der Waals surface area contributed by atoms with E-state index < -0.39 is 0 Å². The minimum absolute atomic E-state index is 0.661. The Hall–Kier alpha value is -2.07. The number of aromatic nitrogens is 3. The maximum absolute atomic E-state index is 6.04. The van der Waals surface area contributed by atoms with Gasteiger partial charge in [-0.05, 0) is 42.7 Å². The number of hydrogen-bond acceptors (Lipinski definition) is 3. The van der Waals surface area contributed by atoms with Crippen molar-refractivity contribution in [2.24, 2.45) is 0 Å². The lowest BCUT2D eigenvalue weighted by Crippen LogP contribution is -2.07. The van der Waals surface area contributed by atoms with Gasteiger partial charge in [0.1, 0.15) is 0 Å². The zero-order valence-corrected chi connectivity index (χ0v) is 11.9. The smallest absolute Gasteiger partial charge is 0.222 e. The number of anilines is 1. The van der Waals surface area contributed by atoms with E-state index in [1.807, 2.05) is 31.3 Å². The van der Waals surface area contributed by atoms with Crippen LogP contribution in [0.1, 0.15) is 11.1 Å². The van der Waals surface area contributed by atoms with Crippen LogP contribution < -0.4 is 5.32 Å². The van der Waals surface area contributed by atoms with E-state index in [-0.39, 0.29) is 0 Å². The molecule has 0 radical (unpaired) electrons. The number of halogens is 1. The fraction of sp³-hybridized carbons (Fsp3) is 0.200. The Bertz CT molecular complexity index is 718. The van der Waals surface area contributed by atoms with Gasteiger partial charge in [0, 0.05) is 41.1 Å². The molecule has 4 nitrogen and oxygen atoms in total. The van der Waals surface area contributed by atoms with Crippen molar-refractivity contribution in [3.63, 3.8) is 0 Å². The molecule has 20 heavy (non-hydrogen) atoms. The van der Waals surface area contributed by atoms with Gasteiger partial charge in [-0.3, -0.25) is 0 Å². The van der Waals surface area contributed by atoms with Gasteiger partial charge < -0.3 is 10.3 Å². The van der Waals surface area contributed by atoms with Crippen molar-refractivity contribution in [3.8, 4) is 0 Å². The number of fused-ring (bicyclic) bond motifs is 1. The lowest BCUT2D eigenvalue weighted by molar-refractivity contribution is 0.985. The second-order valence-corrected chi connectivity index (χ2v) is 5.20. The molecule has 5 heteroatoms. The van der Waals surface area contributed by atoms with Crippen molar-refractivity contribution >= 4 is 28.5 Å². The highest BCUT2D eigenvalue weighted by Gasteiger charge is 2.04. The molecule has 1 aromatic carbocycles. The molecular weight excluding hydrogens is 272 g/mol. The van der Waals surface area contributed by atoms with E-state index in [4.69, 9.17) is 11.6 Å². The SMILES string of the molecule is Cc1cnc(NCCc2c[nH]c3ccc(Cl)cc23)nc1. The summed E-state index contributed by atoms with van der Waals surface area (Å²) < 4.78 is 0. The van der Waals surface area contributed by atoms with Crippen LogP contribution in [-0.4, -0.2) is 21.5 Å². The van der Waals surface area contributed by atoms with E-state index in [0.717, 1.165) is 29.1 Å². The molecule has 0 saturated heterocycles. The number of H-pyrrole nitrogens is 1. The minimum Gasteiger partial charge on any atom is -0.361 e. The highest BCUT2D eigenvalue weighted by molar-refractivity contribution is 6.31. The zero-order chi connectivity index (χ0) is 13.9. The number of benzene rings is 1. The molecule has 2 aromatic heterocycles. The van der Waals surface area contributed by atoms with Crippen molar-refractivity contribution in [1.82, 2.24) is 15.0 Å². The van der Waals surface area contributed by atoms with Crippen LogP contribution in [0.2, 0.25) is 5.02 Å². The Morgan fingerprint density at radius 1 is 1.25 bits per heavy atom. The average molecular weight is 287 g/mol. The van der Waals surface area contributed by atoms with Gasteiger partial charge in [0.25, 0.3) is 0 Å². The van der Waals surface area contributed by atoms with E-state index in [1.165, 1.54) is 10.9 Å². The summed E-state index contributed by atoms with van der Waals surface area (Å²) in [5, 5.41) is 5.15. The summed E-state index contributed by atoms with van der Waals surface area (Å²) in [4.78, 5) is 11.7. The molecule has 0 atom stereocenters. The quantitative estimate of drug-likeness (QED) is 0.771. The molecule has 3 rings (SSSR count). The predicted octanol–water partition coefficient (Wildman–Crippen LogP) is 3.57. The molecule has 0 aliphatic carbocycles. The van der Waals surface area contributed by atoms with Crippen molar-refractivity contribution in [1.29, 1.82) is 0 Å². The first-order valence-corrected chi connectivity index (χ1v) is 6.88. The summed E-state index contributed by atoms with van der Waals surface area (Å²) in [6.07, 6.45) is 6.53. The van der Waals surface area contributed by atoms with Crippen LogP contribution in [0.4, 0.5) is 5.95 Å². The van der Waals surface area contributed by atoms with Crippen LogP contribution in [0.3, 0.4) is 0 Å². The van der Waals surface area contributed by atoms with E-state index in [1.54, 1.807) is 12.4 Å². The summed E-state index contributed by atoms with van der Waals surface area (Å²) in [5.74, 6) is 0.661. The van der Waals surface area contributed by atoms with Crippen LogP contribution in [0.5, 0.6) is 0 Å². The van der Waals surface area contributed by atoms with Crippen LogP contribution in [-0.2, 0) is 6.42 Å². The number of rotatable bonds is 4. The highest BCUT2D eigenvalue weighted by atomic mass is 35.5. The molecule has 0 fully saturated rings. The Morgan fingerprint density at radius 2 is 2.05 bits per heavy atom. The number of nitrogens with one attached hydrogen (secondary N) is 2. The Balaban J connectivity index is 1.68. The van der Waals surface area contributed by atoms with E-state index in [9.17, 15) is 0 Å². The number of hydrogen-bond donors (Lipinski definition) is 2. The molecule has 0 saturated carbocycles. The summed E-state index contributed by atoms with van der Waals surface area (Å²) in [6, 6.07) is 5.88. The summed E-state index contributed by atoms with van der Waals surface area (Å²) in [5.41, 5.74) is 3.40. The van der Waals surface area contributed by atoms with Gasteiger partial charge in [-0.15, -0.1) is 0 Å². The van der Waals surface area contributed by atoms with E-state index in [0.29, 0.717) is 5.95 Å². The maximum Gasteiger partial charge on any atom is 0.222 e. The van der Waals surface area contributed by atoms with Crippen LogP contribution >= 0.6 is 11.6 Å². The third-order valence-electron chi connectivity index (χ3n) is 3.19. The number of nitrogens with zero attached hydrogens (tertiary/aromatic N) is 2. The van der Waals surface area contributed by atoms with E-state index in [2.05, 4.69) is 20.3 Å². The fourth-order valence-electron chi connectivity index (χ4n) is 2.15. The first-order chi connectivity index (χ1) is 9.72. The molecule has 102 valence electrons. The van der Waals surface area contributed by atoms with Gasteiger partial charge >= 0.3 is 0 Å². The van der Waals surface area contributed by atoms with Gasteiger partial charge in [0.2, 0.25) is 5.95 Å². The van der Waals surface area contributed by atoms with Crippen LogP contribution in [0.25, 0.3) is 10.9 Å². The van der Waals surface area contributed by atoms with Gasteiger partial charge in [0.05, 0.1) is 0 Å². The van der Waals surface area contributed by atoms with Gasteiger partial charge in [-0.1, -0.05) is 11.6 Å². The largest absolute Gasteiger partial charge is 0.361 e. The van der Waals surface area contributed by atoms with Crippen molar-refractivity contribution in [2.45, 2.75) is 13.3 Å². The summed E-state index contributed by atoms with van der Waals surface area (Å²) in [7, 11) is 0. The molecule has 0 bridgehead atoms. The molecule has 0 aliphatic rings. The molecule has 0 amide bonds. The maximum atomic E-state index is 6.04. The van der Waals surface area contributed by atoms with Gasteiger partial charge in [-0.2, -0.15) is 0 Å². The first kappa shape index (κ1) is 12.9. The number of aryl methyl sites for hydroxylation is 1. The summed E-state index contributed by atoms with van der Waals surface area (Å²) >= 11 is 6.04. The topological polar surface area (TPSA) is 53.6 Å². The molecular formula is C15H15ClN4. The van der Waals surface area contributed by atoms with Crippen LogP contribution in [0, 0.1) is 6.92 Å². The van der Waals surface area contributed by atoms with Crippen molar-refractivity contribution in [2.75, 3.05) is 11.9 Å². The zero-order valence-electron chi connectivity index (χ0n) is 11.2. The molecule has 2 heterocycles. The molecule has 2 N–H and O–H groups in total. The third kappa shape index (κ3) is 2.75. The fourth-order valence-corrected chi connectivity index (χ4v) is 2.32. The minimum atomic E-state index is 0.661. The third-order valence-corrected chi connectivity index (χ3v) is 3.42. The first-order valence-electron chi connectivity index (χ1n) is 6.50. The Morgan fingerprint density at radius 3 is 2.85 bits per heavy atom. The van der Waals surface area contributed by atoms with E-state index >= 15 is 0 Å². The second-order valence-electron chi connectivity index (χ2n) is 4.76. The lowest BCUT2D eigenvalue weighted by atomic mass is 10.1. The van der Waals surface area contributed by atoms with Crippen molar-refractivity contribution < 1.29 is 0 Å². The predicted molar refractivity (Wildman–Crippen MR) is 82.3 cm³/mol. The van der Waals surface area contributed by atoms with Gasteiger partial charge in [-0.25, -0.2) is 9.97 Å².